The highest BCUT2D eigenvalue weighted by Crippen LogP contribution is 2.27. The Kier molecular flexibility index (Phi) is 3.64. The quantitative estimate of drug-likeness (QED) is 0.883. The van der Waals surface area contributed by atoms with E-state index in [9.17, 15) is 4.79 Å². The summed E-state index contributed by atoms with van der Waals surface area (Å²) in [7, 11) is 1.75. The van der Waals surface area contributed by atoms with Crippen LogP contribution in [-0.4, -0.2) is 39.7 Å². The smallest absolute Gasteiger partial charge is 0.258 e. The molecule has 1 fully saturated rings. The fourth-order valence-electron chi connectivity index (χ4n) is 2.25. The van der Waals surface area contributed by atoms with Crippen LogP contribution in [0.1, 0.15) is 42.2 Å². The normalized spacial score (nSPS) is 19.9. The van der Waals surface area contributed by atoms with Crippen molar-refractivity contribution in [1.29, 1.82) is 0 Å². The second-order valence-electron chi connectivity index (χ2n) is 5.13. The number of aromatic nitrogens is 2. The summed E-state index contributed by atoms with van der Waals surface area (Å²) < 4.78 is 1.56. The number of halogens is 1. The van der Waals surface area contributed by atoms with Crippen LogP contribution < -0.4 is 5.73 Å². The Labute approximate surface area is 112 Å². The molecule has 18 heavy (non-hydrogen) atoms. The first-order chi connectivity index (χ1) is 8.41. The van der Waals surface area contributed by atoms with E-state index < -0.39 is 0 Å². The van der Waals surface area contributed by atoms with Gasteiger partial charge in [0.25, 0.3) is 5.91 Å². The van der Waals surface area contributed by atoms with Gasteiger partial charge in [-0.2, -0.15) is 5.10 Å². The number of hydrogen-bond donors (Lipinski definition) is 1. The van der Waals surface area contributed by atoms with E-state index in [0.717, 1.165) is 12.1 Å². The maximum absolute atomic E-state index is 12.5. The molecule has 1 aliphatic rings. The fraction of sp³-hybridized carbons (Fsp3) is 0.667. The van der Waals surface area contributed by atoms with Crippen molar-refractivity contribution in [2.45, 2.75) is 32.2 Å². The van der Waals surface area contributed by atoms with Gasteiger partial charge in [0.05, 0.1) is 11.3 Å². The van der Waals surface area contributed by atoms with Crippen molar-refractivity contribution < 1.29 is 4.79 Å². The maximum Gasteiger partial charge on any atom is 0.258 e. The van der Waals surface area contributed by atoms with Gasteiger partial charge in [0.15, 0.2) is 0 Å². The number of carbonyl (C=O) groups is 1. The molecule has 6 heteroatoms. The third-order valence-electron chi connectivity index (χ3n) is 3.28. The van der Waals surface area contributed by atoms with Crippen molar-refractivity contribution in [3.63, 3.8) is 0 Å². The molecule has 0 saturated carbocycles. The van der Waals surface area contributed by atoms with Crippen LogP contribution in [0, 0.1) is 0 Å². The highest BCUT2D eigenvalue weighted by Gasteiger charge is 2.30. The molecule has 1 aromatic rings. The predicted octanol–water partition coefficient (Wildman–Crippen LogP) is 1.37. The molecule has 5 nitrogen and oxygen atoms in total. The molecular weight excluding hydrogens is 252 g/mol. The highest BCUT2D eigenvalue weighted by atomic mass is 35.5. The van der Waals surface area contributed by atoms with E-state index >= 15 is 0 Å². The summed E-state index contributed by atoms with van der Waals surface area (Å²) in [4.78, 5) is 14.2. The van der Waals surface area contributed by atoms with E-state index in [0.29, 0.717) is 23.8 Å². The molecule has 1 saturated heterocycles. The van der Waals surface area contributed by atoms with Gasteiger partial charge in [0.2, 0.25) is 0 Å². The minimum Gasteiger partial charge on any atom is -0.337 e. The third kappa shape index (κ3) is 2.24. The van der Waals surface area contributed by atoms with Crippen LogP contribution in [0.2, 0.25) is 5.15 Å². The van der Waals surface area contributed by atoms with Crippen LogP contribution in [0.3, 0.4) is 0 Å². The molecule has 2 heterocycles. The number of hydrogen-bond acceptors (Lipinski definition) is 3. The van der Waals surface area contributed by atoms with E-state index in [4.69, 9.17) is 17.3 Å². The number of amides is 1. The van der Waals surface area contributed by atoms with Crippen LogP contribution in [0.5, 0.6) is 0 Å². The number of carbonyl (C=O) groups excluding carboxylic acids is 1. The van der Waals surface area contributed by atoms with E-state index in [1.807, 2.05) is 13.8 Å². The van der Waals surface area contributed by atoms with Crippen molar-refractivity contribution in [3.8, 4) is 0 Å². The van der Waals surface area contributed by atoms with Crippen molar-refractivity contribution >= 4 is 17.5 Å². The van der Waals surface area contributed by atoms with Crippen LogP contribution >= 0.6 is 11.6 Å². The van der Waals surface area contributed by atoms with E-state index in [2.05, 4.69) is 5.10 Å². The molecule has 2 N–H and O–H groups in total. The van der Waals surface area contributed by atoms with Crippen molar-refractivity contribution in [2.24, 2.45) is 12.8 Å². The Balaban J connectivity index is 2.35. The number of likely N-dealkylation sites (tertiary alicyclic amines) is 1. The molecule has 0 aliphatic carbocycles. The van der Waals surface area contributed by atoms with Gasteiger partial charge in [0, 0.05) is 26.2 Å². The topological polar surface area (TPSA) is 64.2 Å². The summed E-state index contributed by atoms with van der Waals surface area (Å²) in [6.07, 6.45) is 0.848. The van der Waals surface area contributed by atoms with Gasteiger partial charge in [-0.1, -0.05) is 25.4 Å². The minimum absolute atomic E-state index is 0.0512. The van der Waals surface area contributed by atoms with Gasteiger partial charge < -0.3 is 10.6 Å². The Morgan fingerprint density at radius 3 is 2.72 bits per heavy atom. The average Bonchev–Trinajstić information content (AvgIpc) is 2.84. The number of nitrogens with zero attached hydrogens (tertiary/aromatic N) is 3. The molecule has 0 bridgehead atoms. The maximum atomic E-state index is 12.5. The zero-order valence-electron chi connectivity index (χ0n) is 11.0. The lowest BCUT2D eigenvalue weighted by Gasteiger charge is -2.16. The second-order valence-corrected chi connectivity index (χ2v) is 5.49. The number of nitrogens with two attached hydrogens (primary N) is 1. The summed E-state index contributed by atoms with van der Waals surface area (Å²) >= 11 is 6.19. The lowest BCUT2D eigenvalue weighted by Crippen LogP contribution is -2.32. The Morgan fingerprint density at radius 2 is 2.22 bits per heavy atom. The Morgan fingerprint density at radius 1 is 1.56 bits per heavy atom. The SMILES string of the molecule is CC(C)c1nn(C)c(Cl)c1C(=O)N1CC[C@H](N)C1. The lowest BCUT2D eigenvalue weighted by molar-refractivity contribution is 0.0789. The first-order valence-electron chi connectivity index (χ1n) is 6.19. The predicted molar refractivity (Wildman–Crippen MR) is 70.8 cm³/mol. The summed E-state index contributed by atoms with van der Waals surface area (Å²) in [5.41, 5.74) is 7.12. The van der Waals surface area contributed by atoms with Crippen LogP contribution in [-0.2, 0) is 7.05 Å². The molecule has 0 aromatic carbocycles. The van der Waals surface area contributed by atoms with Crippen molar-refractivity contribution in [3.05, 3.63) is 16.4 Å². The van der Waals surface area contributed by atoms with E-state index in [-0.39, 0.29) is 17.9 Å². The van der Waals surface area contributed by atoms with Crippen molar-refractivity contribution in [2.75, 3.05) is 13.1 Å². The number of aryl methyl sites for hydroxylation is 1. The van der Waals surface area contributed by atoms with Crippen LogP contribution in [0.4, 0.5) is 0 Å². The summed E-state index contributed by atoms with van der Waals surface area (Å²) in [6, 6.07) is 0.0758. The second kappa shape index (κ2) is 4.90. The van der Waals surface area contributed by atoms with Gasteiger partial charge in [0.1, 0.15) is 5.15 Å². The van der Waals surface area contributed by atoms with Gasteiger partial charge in [-0.3, -0.25) is 9.48 Å². The summed E-state index contributed by atoms with van der Waals surface area (Å²) in [6.45, 7) is 5.31. The Hall–Kier alpha value is -1.07. The standard InChI is InChI=1S/C12H19ClN4O/c1-7(2)10-9(11(13)16(3)15-10)12(18)17-5-4-8(14)6-17/h7-8H,4-6,14H2,1-3H3/t8-/m0/s1. The van der Waals surface area contributed by atoms with Crippen molar-refractivity contribution in [1.82, 2.24) is 14.7 Å². The first kappa shape index (κ1) is 13.4. The highest BCUT2D eigenvalue weighted by molar-refractivity contribution is 6.33. The van der Waals surface area contributed by atoms with Gasteiger partial charge >= 0.3 is 0 Å². The van der Waals surface area contributed by atoms with Gasteiger partial charge in [-0.15, -0.1) is 0 Å². The van der Waals surface area contributed by atoms with Gasteiger partial charge in [-0.25, -0.2) is 0 Å². The molecule has 1 aliphatic heterocycles. The van der Waals surface area contributed by atoms with Crippen LogP contribution in [0.25, 0.3) is 0 Å². The number of rotatable bonds is 2. The molecule has 0 spiro atoms. The summed E-state index contributed by atoms with van der Waals surface area (Å²) in [5, 5.41) is 4.73. The van der Waals surface area contributed by atoms with Crippen LogP contribution in [0.15, 0.2) is 0 Å². The molecule has 2 rings (SSSR count). The molecular formula is C12H19ClN4O. The molecule has 1 amide bonds. The largest absolute Gasteiger partial charge is 0.337 e. The minimum atomic E-state index is -0.0512. The molecule has 100 valence electrons. The Bertz CT molecular complexity index is 469. The fourth-order valence-corrected chi connectivity index (χ4v) is 2.47. The summed E-state index contributed by atoms with van der Waals surface area (Å²) in [5.74, 6) is 0.115. The molecule has 0 radical (unpaired) electrons. The zero-order chi connectivity index (χ0) is 13.4. The average molecular weight is 271 g/mol. The third-order valence-corrected chi connectivity index (χ3v) is 3.71. The van der Waals surface area contributed by atoms with Gasteiger partial charge in [-0.05, 0) is 12.3 Å². The van der Waals surface area contributed by atoms with E-state index in [1.54, 1.807) is 16.6 Å². The zero-order valence-corrected chi connectivity index (χ0v) is 11.7. The first-order valence-corrected chi connectivity index (χ1v) is 6.56. The lowest BCUT2D eigenvalue weighted by atomic mass is 10.1. The van der Waals surface area contributed by atoms with E-state index in [1.165, 1.54) is 0 Å². The molecule has 1 atom stereocenters. The monoisotopic (exact) mass is 270 g/mol. The molecule has 0 unspecified atom stereocenters. The molecule has 1 aromatic heterocycles.